The van der Waals surface area contributed by atoms with Crippen LogP contribution in [0, 0.1) is 12.8 Å². The smallest absolute Gasteiger partial charge is 0.239 e. The quantitative estimate of drug-likeness (QED) is 0.868. The summed E-state index contributed by atoms with van der Waals surface area (Å²) < 4.78 is 0. The van der Waals surface area contributed by atoms with Gasteiger partial charge in [0, 0.05) is 17.3 Å². The lowest BCUT2D eigenvalue weighted by atomic mass is 9.89. The number of halogens is 1. The van der Waals surface area contributed by atoms with Crippen molar-refractivity contribution in [2.24, 2.45) is 5.92 Å². The van der Waals surface area contributed by atoms with E-state index in [1.807, 2.05) is 25.1 Å². The van der Waals surface area contributed by atoms with E-state index in [9.17, 15) is 4.79 Å². The third kappa shape index (κ3) is 4.41. The van der Waals surface area contributed by atoms with E-state index in [1.165, 1.54) is 32.1 Å². The monoisotopic (exact) mass is 294 g/mol. The van der Waals surface area contributed by atoms with Crippen LogP contribution >= 0.6 is 11.6 Å². The van der Waals surface area contributed by atoms with Gasteiger partial charge in [0.1, 0.15) is 0 Å². The maximum atomic E-state index is 11.8. The number of nitrogens with one attached hydrogen (secondary N) is 2. The Morgan fingerprint density at radius 2 is 2.05 bits per heavy atom. The lowest BCUT2D eigenvalue weighted by Crippen LogP contribution is -2.34. The third-order valence-electron chi connectivity index (χ3n) is 4.02. The van der Waals surface area contributed by atoms with Crippen molar-refractivity contribution in [3.63, 3.8) is 0 Å². The van der Waals surface area contributed by atoms with Crippen molar-refractivity contribution in [1.29, 1.82) is 0 Å². The van der Waals surface area contributed by atoms with Gasteiger partial charge in [0.2, 0.25) is 5.91 Å². The van der Waals surface area contributed by atoms with Crippen LogP contribution in [0.2, 0.25) is 5.02 Å². The second kappa shape index (κ2) is 7.53. The standard InChI is InChI=1S/C16H23ClN2O/c1-12-14(17)8-5-9-15(12)18-11-16(20)19-10-13-6-3-2-4-7-13/h5,8-9,13,18H,2-4,6-7,10-11H2,1H3,(H,19,20). The first-order chi connectivity index (χ1) is 9.66. The molecule has 1 aromatic carbocycles. The Morgan fingerprint density at radius 1 is 1.30 bits per heavy atom. The number of hydrogen-bond acceptors (Lipinski definition) is 2. The Balaban J connectivity index is 1.73. The number of carbonyl (C=O) groups is 1. The van der Waals surface area contributed by atoms with E-state index in [-0.39, 0.29) is 5.91 Å². The largest absolute Gasteiger partial charge is 0.376 e. The molecule has 1 aromatic rings. The molecule has 0 spiro atoms. The highest BCUT2D eigenvalue weighted by Crippen LogP contribution is 2.23. The molecule has 1 saturated carbocycles. The molecule has 2 N–H and O–H groups in total. The van der Waals surface area contributed by atoms with E-state index < -0.39 is 0 Å². The third-order valence-corrected chi connectivity index (χ3v) is 4.43. The van der Waals surface area contributed by atoms with Gasteiger partial charge in [-0.15, -0.1) is 0 Å². The van der Waals surface area contributed by atoms with Crippen LogP contribution in [0.15, 0.2) is 18.2 Å². The van der Waals surface area contributed by atoms with Crippen LogP contribution in [0.5, 0.6) is 0 Å². The molecule has 0 aliphatic heterocycles. The summed E-state index contributed by atoms with van der Waals surface area (Å²) in [6, 6.07) is 5.68. The predicted octanol–water partition coefficient (Wildman–Crippen LogP) is 3.76. The van der Waals surface area contributed by atoms with Crippen molar-refractivity contribution in [1.82, 2.24) is 5.32 Å². The molecule has 1 aliphatic carbocycles. The van der Waals surface area contributed by atoms with Gasteiger partial charge >= 0.3 is 0 Å². The van der Waals surface area contributed by atoms with Crippen LogP contribution in [-0.2, 0) is 4.79 Å². The number of carbonyl (C=O) groups excluding carboxylic acids is 1. The molecule has 0 saturated heterocycles. The van der Waals surface area contributed by atoms with Crippen LogP contribution in [0.4, 0.5) is 5.69 Å². The summed E-state index contributed by atoms with van der Waals surface area (Å²) >= 11 is 6.05. The SMILES string of the molecule is Cc1c(Cl)cccc1NCC(=O)NCC1CCCCC1. The zero-order valence-electron chi connectivity index (χ0n) is 12.0. The number of benzene rings is 1. The molecule has 0 unspecified atom stereocenters. The average Bonchev–Trinajstić information content (AvgIpc) is 2.48. The van der Waals surface area contributed by atoms with E-state index in [2.05, 4.69) is 10.6 Å². The molecule has 2 rings (SSSR count). The van der Waals surface area contributed by atoms with Gasteiger partial charge in [-0.25, -0.2) is 0 Å². The van der Waals surface area contributed by atoms with E-state index in [0.29, 0.717) is 12.5 Å². The lowest BCUT2D eigenvalue weighted by molar-refractivity contribution is -0.119. The number of amides is 1. The first kappa shape index (κ1) is 15.2. The van der Waals surface area contributed by atoms with Crippen LogP contribution in [0.25, 0.3) is 0 Å². The lowest BCUT2D eigenvalue weighted by Gasteiger charge is -2.21. The van der Waals surface area contributed by atoms with Crippen molar-refractivity contribution >= 4 is 23.2 Å². The summed E-state index contributed by atoms with van der Waals surface area (Å²) in [5.41, 5.74) is 1.90. The van der Waals surface area contributed by atoms with Gasteiger partial charge < -0.3 is 10.6 Å². The zero-order valence-corrected chi connectivity index (χ0v) is 12.8. The van der Waals surface area contributed by atoms with E-state index in [0.717, 1.165) is 22.8 Å². The van der Waals surface area contributed by atoms with Crippen molar-refractivity contribution in [3.05, 3.63) is 28.8 Å². The van der Waals surface area contributed by atoms with E-state index in [4.69, 9.17) is 11.6 Å². The summed E-state index contributed by atoms with van der Waals surface area (Å²) in [5, 5.41) is 6.89. The molecule has 1 fully saturated rings. The Hall–Kier alpha value is -1.22. The molecular formula is C16H23ClN2O. The zero-order chi connectivity index (χ0) is 14.4. The van der Waals surface area contributed by atoms with Crippen molar-refractivity contribution in [2.75, 3.05) is 18.4 Å². The summed E-state index contributed by atoms with van der Waals surface area (Å²) in [7, 11) is 0. The molecule has 0 radical (unpaired) electrons. The van der Waals surface area contributed by atoms with Crippen LogP contribution < -0.4 is 10.6 Å². The van der Waals surface area contributed by atoms with Crippen LogP contribution in [-0.4, -0.2) is 19.0 Å². The maximum absolute atomic E-state index is 11.8. The topological polar surface area (TPSA) is 41.1 Å². The van der Waals surface area contributed by atoms with Gasteiger partial charge in [-0.3, -0.25) is 4.79 Å². The first-order valence-corrected chi connectivity index (χ1v) is 7.80. The first-order valence-electron chi connectivity index (χ1n) is 7.42. The molecule has 4 heteroatoms. The minimum absolute atomic E-state index is 0.0509. The second-order valence-electron chi connectivity index (χ2n) is 5.57. The molecule has 0 aromatic heterocycles. The summed E-state index contributed by atoms with van der Waals surface area (Å²) in [5.74, 6) is 0.718. The van der Waals surface area contributed by atoms with Gasteiger partial charge in [0.25, 0.3) is 0 Å². The van der Waals surface area contributed by atoms with Crippen molar-refractivity contribution in [3.8, 4) is 0 Å². The molecule has 0 heterocycles. The molecule has 3 nitrogen and oxygen atoms in total. The Bertz CT molecular complexity index is 456. The minimum Gasteiger partial charge on any atom is -0.376 e. The Kier molecular flexibility index (Phi) is 5.72. The van der Waals surface area contributed by atoms with Gasteiger partial charge in [0.05, 0.1) is 6.54 Å². The molecule has 20 heavy (non-hydrogen) atoms. The maximum Gasteiger partial charge on any atom is 0.239 e. The summed E-state index contributed by atoms with van der Waals surface area (Å²) in [6.45, 7) is 3.06. The van der Waals surface area contributed by atoms with Crippen LogP contribution in [0.1, 0.15) is 37.7 Å². The number of rotatable bonds is 5. The number of hydrogen-bond donors (Lipinski definition) is 2. The highest BCUT2D eigenvalue weighted by atomic mass is 35.5. The van der Waals surface area contributed by atoms with Gasteiger partial charge in [-0.1, -0.05) is 36.9 Å². The average molecular weight is 295 g/mol. The van der Waals surface area contributed by atoms with Crippen LogP contribution in [0.3, 0.4) is 0 Å². The normalized spacial score (nSPS) is 15.9. The van der Waals surface area contributed by atoms with Gasteiger partial charge in [-0.05, 0) is 43.4 Å². The fourth-order valence-corrected chi connectivity index (χ4v) is 2.86. The highest BCUT2D eigenvalue weighted by molar-refractivity contribution is 6.31. The molecule has 0 bridgehead atoms. The predicted molar refractivity (Wildman–Crippen MR) is 84.3 cm³/mol. The molecule has 110 valence electrons. The van der Waals surface area contributed by atoms with Crippen molar-refractivity contribution in [2.45, 2.75) is 39.0 Å². The Labute approximate surface area is 126 Å². The molecule has 1 aliphatic rings. The second-order valence-corrected chi connectivity index (χ2v) is 5.98. The van der Waals surface area contributed by atoms with Crippen molar-refractivity contribution < 1.29 is 4.79 Å². The fraction of sp³-hybridized carbons (Fsp3) is 0.562. The molecule has 1 amide bonds. The minimum atomic E-state index is 0.0509. The van der Waals surface area contributed by atoms with E-state index >= 15 is 0 Å². The number of anilines is 1. The highest BCUT2D eigenvalue weighted by Gasteiger charge is 2.14. The van der Waals surface area contributed by atoms with Gasteiger partial charge in [-0.2, -0.15) is 0 Å². The van der Waals surface area contributed by atoms with E-state index in [1.54, 1.807) is 0 Å². The Morgan fingerprint density at radius 3 is 2.80 bits per heavy atom. The summed E-state index contributed by atoms with van der Waals surface area (Å²) in [6.07, 6.45) is 6.46. The summed E-state index contributed by atoms with van der Waals surface area (Å²) in [4.78, 5) is 11.8. The molecular weight excluding hydrogens is 272 g/mol. The molecule has 0 atom stereocenters. The fourth-order valence-electron chi connectivity index (χ4n) is 2.69. The van der Waals surface area contributed by atoms with Gasteiger partial charge in [0.15, 0.2) is 0 Å².